The number of halogens is 4. The minimum atomic E-state index is -4.49. The number of aliphatic hydroxyl groups is 1. The maximum atomic E-state index is 13.1. The molecule has 10 heteroatoms. The van der Waals surface area contributed by atoms with E-state index in [1.807, 2.05) is 0 Å². The first-order valence-corrected chi connectivity index (χ1v) is 9.58. The van der Waals surface area contributed by atoms with Crippen LogP contribution in [0, 0.1) is 0 Å². The number of hydrogen-bond acceptors (Lipinski definition) is 4. The molecule has 1 unspecified atom stereocenters. The predicted octanol–water partition coefficient (Wildman–Crippen LogP) is 3.51. The second-order valence-electron chi connectivity index (χ2n) is 6.59. The molecule has 3 rings (SSSR count). The van der Waals surface area contributed by atoms with Gasteiger partial charge in [0.05, 0.1) is 12.1 Å². The average molecular weight is 441 g/mol. The van der Waals surface area contributed by atoms with E-state index in [0.29, 0.717) is 23.0 Å². The zero-order chi connectivity index (χ0) is 21.9. The van der Waals surface area contributed by atoms with Gasteiger partial charge in [-0.2, -0.15) is 13.2 Å². The van der Waals surface area contributed by atoms with Gasteiger partial charge in [0.1, 0.15) is 6.23 Å². The molecule has 0 aliphatic rings. The third-order valence-corrected chi connectivity index (χ3v) is 4.79. The van der Waals surface area contributed by atoms with E-state index in [-0.39, 0.29) is 18.7 Å². The van der Waals surface area contributed by atoms with Crippen LogP contribution in [-0.4, -0.2) is 25.7 Å². The molecule has 3 aromatic rings. The fourth-order valence-electron chi connectivity index (χ4n) is 3.06. The largest absolute Gasteiger partial charge is 0.416 e. The number of aliphatic hydroxyl groups excluding tert-OH is 1. The van der Waals surface area contributed by atoms with Crippen LogP contribution < -0.4 is 11.0 Å². The van der Waals surface area contributed by atoms with Crippen molar-refractivity contribution in [3.63, 3.8) is 0 Å². The Morgan fingerprint density at radius 2 is 1.83 bits per heavy atom. The van der Waals surface area contributed by atoms with Gasteiger partial charge in [0.15, 0.2) is 5.82 Å². The Kier molecular flexibility index (Phi) is 6.64. The monoisotopic (exact) mass is 440 g/mol. The third kappa shape index (κ3) is 4.92. The highest BCUT2D eigenvalue weighted by Crippen LogP contribution is 2.31. The molecule has 6 nitrogen and oxygen atoms in total. The van der Waals surface area contributed by atoms with E-state index in [2.05, 4.69) is 10.4 Å². The number of hydrogen-bond donors (Lipinski definition) is 2. The van der Waals surface area contributed by atoms with Crippen LogP contribution in [0.25, 0.3) is 11.4 Å². The molecule has 1 atom stereocenters. The Bertz CT molecular complexity index is 1060. The highest BCUT2D eigenvalue weighted by molar-refractivity contribution is 6.30. The Labute approximate surface area is 175 Å². The summed E-state index contributed by atoms with van der Waals surface area (Å²) in [5.41, 5.74) is -0.530. The van der Waals surface area contributed by atoms with E-state index in [0.717, 1.165) is 10.7 Å². The van der Waals surface area contributed by atoms with Crippen molar-refractivity contribution in [1.82, 2.24) is 19.7 Å². The van der Waals surface area contributed by atoms with Crippen LogP contribution >= 0.6 is 11.6 Å². The van der Waals surface area contributed by atoms with Crippen molar-refractivity contribution in [2.45, 2.75) is 39.0 Å². The normalized spacial score (nSPS) is 12.9. The maximum Gasteiger partial charge on any atom is 0.416 e. The fraction of sp³-hybridized carbons (Fsp3) is 0.300. The number of nitrogens with one attached hydrogen (secondary N) is 1. The molecule has 0 aliphatic carbocycles. The summed E-state index contributed by atoms with van der Waals surface area (Å²) in [4.78, 5) is 12.6. The summed E-state index contributed by atoms with van der Waals surface area (Å²) in [5.74, 6) is 0.411. The smallest absolute Gasteiger partial charge is 0.377 e. The predicted molar refractivity (Wildman–Crippen MR) is 107 cm³/mol. The summed E-state index contributed by atoms with van der Waals surface area (Å²) in [6, 6.07) is 11.9. The quantitative estimate of drug-likeness (QED) is 0.551. The van der Waals surface area contributed by atoms with Crippen LogP contribution in [0.15, 0.2) is 53.3 Å². The molecule has 2 N–H and O–H groups in total. The maximum absolute atomic E-state index is 13.1. The molecule has 30 heavy (non-hydrogen) atoms. The van der Waals surface area contributed by atoms with Gasteiger partial charge >= 0.3 is 11.9 Å². The van der Waals surface area contributed by atoms with Gasteiger partial charge in [-0.1, -0.05) is 29.8 Å². The first kappa shape index (κ1) is 22.1. The zero-order valence-electron chi connectivity index (χ0n) is 16.0. The fourth-order valence-corrected chi connectivity index (χ4v) is 3.19. The third-order valence-electron chi connectivity index (χ3n) is 4.54. The summed E-state index contributed by atoms with van der Waals surface area (Å²) in [6.45, 7) is 1.71. The van der Waals surface area contributed by atoms with Crippen molar-refractivity contribution >= 4 is 11.6 Å². The van der Waals surface area contributed by atoms with E-state index < -0.39 is 23.7 Å². The lowest BCUT2D eigenvalue weighted by Gasteiger charge is -2.16. The van der Waals surface area contributed by atoms with E-state index >= 15 is 0 Å². The molecule has 1 heterocycles. The highest BCUT2D eigenvalue weighted by Gasteiger charge is 2.32. The van der Waals surface area contributed by atoms with Gasteiger partial charge in [0.25, 0.3) is 0 Å². The summed E-state index contributed by atoms with van der Waals surface area (Å²) >= 11 is 5.90. The van der Waals surface area contributed by atoms with Crippen LogP contribution in [0.5, 0.6) is 0 Å². The van der Waals surface area contributed by atoms with Crippen LogP contribution in [0.2, 0.25) is 5.02 Å². The summed E-state index contributed by atoms with van der Waals surface area (Å²) in [7, 11) is 0. The number of nitrogens with zero attached hydrogens (tertiary/aromatic N) is 3. The molecule has 1 aromatic heterocycles. The van der Waals surface area contributed by atoms with Gasteiger partial charge in [-0.25, -0.2) is 9.48 Å². The second kappa shape index (κ2) is 9.03. The number of rotatable bonds is 7. The van der Waals surface area contributed by atoms with Gasteiger partial charge in [0.2, 0.25) is 0 Å². The SMILES string of the molecule is CCn1c(-c2ccc(Cl)cc2)nn(CC(O)NCc2ccccc2C(F)(F)F)c1=O. The van der Waals surface area contributed by atoms with Crippen molar-refractivity contribution in [2.75, 3.05) is 0 Å². The molecule has 160 valence electrons. The van der Waals surface area contributed by atoms with E-state index in [9.17, 15) is 23.1 Å². The summed E-state index contributed by atoms with van der Waals surface area (Å²) in [6.07, 6.45) is -5.77. The van der Waals surface area contributed by atoms with Crippen molar-refractivity contribution in [1.29, 1.82) is 0 Å². The molecule has 0 saturated heterocycles. The minimum absolute atomic E-state index is 0.00247. The first-order chi connectivity index (χ1) is 14.2. The zero-order valence-corrected chi connectivity index (χ0v) is 16.8. The van der Waals surface area contributed by atoms with Gasteiger partial charge in [-0.15, -0.1) is 5.10 Å². The Hall–Kier alpha value is -2.62. The standard InChI is InChI=1S/C20H20ClF3N4O2/c1-2-27-18(13-7-9-15(21)10-8-13)26-28(19(27)30)12-17(29)25-11-14-5-3-4-6-16(14)20(22,23)24/h3-10,17,25,29H,2,11-12H2,1H3. The number of aromatic nitrogens is 3. The Balaban J connectivity index is 1.76. The van der Waals surface area contributed by atoms with E-state index in [1.165, 1.54) is 22.8 Å². The van der Waals surface area contributed by atoms with E-state index in [1.54, 1.807) is 31.2 Å². The van der Waals surface area contributed by atoms with E-state index in [4.69, 9.17) is 11.6 Å². The Morgan fingerprint density at radius 1 is 1.17 bits per heavy atom. The lowest BCUT2D eigenvalue weighted by Crippen LogP contribution is -2.37. The molecule has 0 aliphatic heterocycles. The molecule has 0 fully saturated rings. The molecule has 0 amide bonds. The van der Waals surface area contributed by atoms with Crippen LogP contribution in [0.4, 0.5) is 13.2 Å². The number of alkyl halides is 3. The van der Waals surface area contributed by atoms with Gasteiger partial charge < -0.3 is 5.11 Å². The first-order valence-electron chi connectivity index (χ1n) is 9.20. The van der Waals surface area contributed by atoms with Crippen molar-refractivity contribution in [2.24, 2.45) is 0 Å². The van der Waals surface area contributed by atoms with Crippen LogP contribution in [0.1, 0.15) is 18.1 Å². The molecular weight excluding hydrogens is 421 g/mol. The lowest BCUT2D eigenvalue weighted by atomic mass is 10.1. The summed E-state index contributed by atoms with van der Waals surface area (Å²) < 4.78 is 41.8. The molecule has 0 spiro atoms. The van der Waals surface area contributed by atoms with Crippen molar-refractivity contribution in [3.8, 4) is 11.4 Å². The topological polar surface area (TPSA) is 72.1 Å². The molecular formula is C20H20ClF3N4O2. The average Bonchev–Trinajstić information content (AvgIpc) is 3.01. The molecule has 0 saturated carbocycles. The Morgan fingerprint density at radius 3 is 2.47 bits per heavy atom. The van der Waals surface area contributed by atoms with Crippen LogP contribution in [-0.2, 0) is 25.8 Å². The van der Waals surface area contributed by atoms with Crippen molar-refractivity contribution in [3.05, 3.63) is 75.2 Å². The lowest BCUT2D eigenvalue weighted by molar-refractivity contribution is -0.138. The number of benzene rings is 2. The van der Waals surface area contributed by atoms with Crippen LogP contribution in [0.3, 0.4) is 0 Å². The molecule has 0 radical (unpaired) electrons. The van der Waals surface area contributed by atoms with Crippen molar-refractivity contribution < 1.29 is 18.3 Å². The molecule has 2 aromatic carbocycles. The second-order valence-corrected chi connectivity index (χ2v) is 7.03. The van der Waals surface area contributed by atoms with Gasteiger partial charge in [-0.3, -0.25) is 9.88 Å². The van der Waals surface area contributed by atoms with Gasteiger partial charge in [-0.05, 0) is 42.8 Å². The summed E-state index contributed by atoms with van der Waals surface area (Å²) in [5, 5.41) is 17.7. The molecule has 0 bridgehead atoms. The highest BCUT2D eigenvalue weighted by atomic mass is 35.5. The van der Waals surface area contributed by atoms with Gasteiger partial charge in [0, 0.05) is 23.7 Å². The minimum Gasteiger partial charge on any atom is -0.377 e.